The van der Waals surface area contributed by atoms with Crippen molar-refractivity contribution < 1.29 is 17.9 Å². The minimum atomic E-state index is -3.01. The highest BCUT2D eigenvalue weighted by molar-refractivity contribution is 7.91. The van der Waals surface area contributed by atoms with Gasteiger partial charge in [-0.05, 0) is 19.8 Å². The number of sulfone groups is 1. The third-order valence-electron chi connectivity index (χ3n) is 3.86. The number of methoxy groups -OCH3 is 1. The van der Waals surface area contributed by atoms with Crippen LogP contribution in [-0.4, -0.2) is 63.1 Å². The lowest BCUT2D eigenvalue weighted by molar-refractivity contribution is -0.137. The van der Waals surface area contributed by atoms with Crippen LogP contribution >= 0.6 is 12.4 Å². The van der Waals surface area contributed by atoms with Crippen LogP contribution in [-0.2, 0) is 19.4 Å². The molecule has 8 heteroatoms. The summed E-state index contributed by atoms with van der Waals surface area (Å²) in [7, 11) is -1.40. The van der Waals surface area contributed by atoms with Crippen LogP contribution in [0.25, 0.3) is 0 Å². The molecule has 1 saturated heterocycles. The average Bonchev–Trinajstić information content (AvgIpc) is 2.73. The molecule has 0 aromatic rings. The highest BCUT2D eigenvalue weighted by atomic mass is 35.5. The summed E-state index contributed by atoms with van der Waals surface area (Å²) in [5.41, 5.74) is 5.79. The molecule has 0 bridgehead atoms. The molecule has 3 atom stereocenters. The lowest BCUT2D eigenvalue weighted by Gasteiger charge is -2.32. The lowest BCUT2D eigenvalue weighted by atomic mass is 10.0. The maximum absolute atomic E-state index is 12.5. The van der Waals surface area contributed by atoms with Crippen LogP contribution in [0.3, 0.4) is 0 Å². The van der Waals surface area contributed by atoms with E-state index in [2.05, 4.69) is 0 Å². The van der Waals surface area contributed by atoms with Crippen LogP contribution in [0, 0.1) is 5.92 Å². The largest absolute Gasteiger partial charge is 0.385 e. The molecular formula is C13H27ClN2O4S. The third kappa shape index (κ3) is 6.10. The van der Waals surface area contributed by atoms with Gasteiger partial charge in [-0.1, -0.05) is 6.92 Å². The van der Waals surface area contributed by atoms with Crippen LogP contribution in [0.5, 0.6) is 0 Å². The molecule has 0 radical (unpaired) electrons. The summed E-state index contributed by atoms with van der Waals surface area (Å²) in [6.07, 6.45) is 1.22. The first-order chi connectivity index (χ1) is 9.28. The zero-order valence-corrected chi connectivity index (χ0v) is 14.6. The molecular weight excluding hydrogens is 316 g/mol. The first-order valence-corrected chi connectivity index (χ1v) is 8.86. The molecule has 2 N–H and O–H groups in total. The van der Waals surface area contributed by atoms with Crippen molar-refractivity contribution in [3.05, 3.63) is 0 Å². The smallest absolute Gasteiger partial charge is 0.227 e. The number of carbonyl (C=O) groups is 1. The van der Waals surface area contributed by atoms with Crippen molar-refractivity contribution in [3.63, 3.8) is 0 Å². The van der Waals surface area contributed by atoms with E-state index in [9.17, 15) is 13.2 Å². The van der Waals surface area contributed by atoms with E-state index in [-0.39, 0.29) is 47.8 Å². The van der Waals surface area contributed by atoms with Gasteiger partial charge in [0.2, 0.25) is 5.91 Å². The van der Waals surface area contributed by atoms with E-state index in [4.69, 9.17) is 10.5 Å². The Bertz CT molecular complexity index is 428. The van der Waals surface area contributed by atoms with Gasteiger partial charge in [0.25, 0.3) is 0 Å². The van der Waals surface area contributed by atoms with Crippen molar-refractivity contribution in [2.45, 2.75) is 38.8 Å². The molecule has 3 unspecified atom stereocenters. The normalized spacial score (nSPS) is 23.1. The monoisotopic (exact) mass is 342 g/mol. The Labute approximate surface area is 133 Å². The first kappa shape index (κ1) is 20.6. The molecule has 0 spiro atoms. The van der Waals surface area contributed by atoms with Gasteiger partial charge in [-0.25, -0.2) is 8.42 Å². The van der Waals surface area contributed by atoms with Gasteiger partial charge >= 0.3 is 0 Å². The molecule has 0 saturated carbocycles. The van der Waals surface area contributed by atoms with Crippen molar-refractivity contribution in [1.82, 2.24) is 4.90 Å². The van der Waals surface area contributed by atoms with Gasteiger partial charge in [-0.3, -0.25) is 4.79 Å². The molecule has 1 rings (SSSR count). The number of hydrogen-bond acceptors (Lipinski definition) is 5. The number of rotatable bonds is 7. The Balaban J connectivity index is 0.00000400. The van der Waals surface area contributed by atoms with Gasteiger partial charge in [-0.15, -0.1) is 12.4 Å². The van der Waals surface area contributed by atoms with Gasteiger partial charge in [0.1, 0.15) is 0 Å². The SMILES string of the molecule is COCCCN(C(=O)C(C)C(C)N)C1CCS(=O)(=O)C1.Cl. The van der Waals surface area contributed by atoms with Crippen LogP contribution in [0.15, 0.2) is 0 Å². The predicted octanol–water partition coefficient (Wildman–Crippen LogP) is 0.444. The maximum atomic E-state index is 12.5. The van der Waals surface area contributed by atoms with E-state index in [1.165, 1.54) is 0 Å². The predicted molar refractivity (Wildman–Crippen MR) is 85.3 cm³/mol. The molecule has 126 valence electrons. The molecule has 6 nitrogen and oxygen atoms in total. The molecule has 1 aliphatic rings. The number of halogens is 1. The van der Waals surface area contributed by atoms with Gasteiger partial charge in [0.05, 0.1) is 17.4 Å². The summed E-state index contributed by atoms with van der Waals surface area (Å²) in [5, 5.41) is 0. The van der Waals surface area contributed by atoms with Crippen molar-refractivity contribution >= 4 is 28.2 Å². The topological polar surface area (TPSA) is 89.7 Å². The number of amides is 1. The van der Waals surface area contributed by atoms with E-state index < -0.39 is 9.84 Å². The zero-order valence-electron chi connectivity index (χ0n) is 12.9. The second-order valence-corrected chi connectivity index (χ2v) is 7.81. The van der Waals surface area contributed by atoms with Crippen molar-refractivity contribution in [3.8, 4) is 0 Å². The number of hydrogen-bond donors (Lipinski definition) is 1. The van der Waals surface area contributed by atoms with Gasteiger partial charge in [0, 0.05) is 32.3 Å². The zero-order chi connectivity index (χ0) is 15.3. The average molecular weight is 343 g/mol. The summed E-state index contributed by atoms with van der Waals surface area (Å²) in [6.45, 7) is 4.65. The Hall–Kier alpha value is -0.370. The Morgan fingerprint density at radius 3 is 2.48 bits per heavy atom. The van der Waals surface area contributed by atoms with E-state index in [0.29, 0.717) is 26.0 Å². The Kier molecular flexibility index (Phi) is 8.77. The minimum Gasteiger partial charge on any atom is -0.385 e. The second kappa shape index (κ2) is 8.92. The summed E-state index contributed by atoms with van der Waals surface area (Å²) >= 11 is 0. The number of ether oxygens (including phenoxy) is 1. The molecule has 0 aromatic carbocycles. The summed E-state index contributed by atoms with van der Waals surface area (Å²) in [6, 6.07) is -0.462. The summed E-state index contributed by atoms with van der Waals surface area (Å²) < 4.78 is 28.2. The first-order valence-electron chi connectivity index (χ1n) is 7.04. The Morgan fingerprint density at radius 2 is 2.05 bits per heavy atom. The maximum Gasteiger partial charge on any atom is 0.227 e. The van der Waals surface area contributed by atoms with Gasteiger partial charge in [-0.2, -0.15) is 0 Å². The number of nitrogens with zero attached hydrogens (tertiary/aromatic N) is 1. The number of nitrogens with two attached hydrogens (primary N) is 1. The highest BCUT2D eigenvalue weighted by Gasteiger charge is 2.36. The minimum absolute atomic E-state index is 0. The standard InChI is InChI=1S/C13H26N2O4S.ClH/c1-10(11(2)14)13(16)15(6-4-7-19-3)12-5-8-20(17,18)9-12;/h10-12H,4-9,14H2,1-3H3;1H. The fourth-order valence-corrected chi connectivity index (χ4v) is 4.09. The quantitative estimate of drug-likeness (QED) is 0.678. The van der Waals surface area contributed by atoms with E-state index >= 15 is 0 Å². The van der Waals surface area contributed by atoms with Gasteiger partial charge < -0.3 is 15.4 Å². The highest BCUT2D eigenvalue weighted by Crippen LogP contribution is 2.20. The summed E-state index contributed by atoms with van der Waals surface area (Å²) in [4.78, 5) is 14.2. The molecule has 1 aliphatic heterocycles. The fraction of sp³-hybridized carbons (Fsp3) is 0.923. The molecule has 1 amide bonds. The van der Waals surface area contributed by atoms with Crippen LogP contribution in [0.1, 0.15) is 26.7 Å². The van der Waals surface area contributed by atoms with Crippen LogP contribution in [0.4, 0.5) is 0 Å². The van der Waals surface area contributed by atoms with Crippen LogP contribution < -0.4 is 5.73 Å². The fourth-order valence-electron chi connectivity index (χ4n) is 2.36. The van der Waals surface area contributed by atoms with Crippen molar-refractivity contribution in [1.29, 1.82) is 0 Å². The number of carbonyl (C=O) groups excluding carboxylic acids is 1. The summed E-state index contributed by atoms with van der Waals surface area (Å²) in [5.74, 6) is -0.130. The van der Waals surface area contributed by atoms with Crippen molar-refractivity contribution in [2.75, 3.05) is 31.8 Å². The molecule has 0 aromatic heterocycles. The lowest BCUT2D eigenvalue weighted by Crippen LogP contribution is -2.48. The van der Waals surface area contributed by atoms with E-state index in [1.54, 1.807) is 25.9 Å². The van der Waals surface area contributed by atoms with Gasteiger partial charge in [0.15, 0.2) is 9.84 Å². The molecule has 1 heterocycles. The van der Waals surface area contributed by atoms with Crippen molar-refractivity contribution in [2.24, 2.45) is 11.7 Å². The molecule has 1 fully saturated rings. The molecule has 21 heavy (non-hydrogen) atoms. The van der Waals surface area contributed by atoms with Crippen LogP contribution in [0.2, 0.25) is 0 Å². The van der Waals surface area contributed by atoms with E-state index in [1.807, 2.05) is 0 Å². The molecule has 0 aliphatic carbocycles. The van der Waals surface area contributed by atoms with E-state index in [0.717, 1.165) is 0 Å². The third-order valence-corrected chi connectivity index (χ3v) is 5.61. The second-order valence-electron chi connectivity index (χ2n) is 5.58. The Morgan fingerprint density at radius 1 is 1.43 bits per heavy atom.